The summed E-state index contributed by atoms with van der Waals surface area (Å²) in [4.78, 5) is 14.3. The lowest BCUT2D eigenvalue weighted by atomic mass is 10.1. The van der Waals surface area contributed by atoms with Crippen LogP contribution in [0.2, 0.25) is 0 Å². The number of nitrogen functional groups attached to an aromatic ring is 1. The zero-order chi connectivity index (χ0) is 13.1. The molecule has 98 valence electrons. The normalized spacial score (nSPS) is 23.8. The first-order chi connectivity index (χ1) is 8.60. The number of carbonyl (C=O) groups is 1. The Labute approximate surface area is 112 Å². The van der Waals surface area contributed by atoms with E-state index in [-0.39, 0.29) is 5.91 Å². The molecule has 5 heteroatoms. The summed E-state index contributed by atoms with van der Waals surface area (Å²) < 4.78 is 0. The Kier molecular flexibility index (Phi) is 4.14. The van der Waals surface area contributed by atoms with E-state index in [0.29, 0.717) is 10.5 Å². The maximum absolute atomic E-state index is 12.4. The third-order valence-electron chi connectivity index (χ3n) is 3.01. The summed E-state index contributed by atoms with van der Waals surface area (Å²) in [5.41, 5.74) is 4.09. The van der Waals surface area contributed by atoms with E-state index in [4.69, 9.17) is 5.84 Å². The average Bonchev–Trinajstić information content (AvgIpc) is 2.37. The molecule has 0 spiro atoms. The third-order valence-corrected chi connectivity index (χ3v) is 4.23. The Morgan fingerprint density at radius 1 is 1.28 bits per heavy atom. The molecule has 1 aliphatic rings. The Hall–Kier alpha value is -1.20. The molecule has 0 bridgehead atoms. The molecule has 0 saturated carbocycles. The number of nitrogens with two attached hydrogens (primary N) is 1. The Morgan fingerprint density at radius 2 is 1.83 bits per heavy atom. The third kappa shape index (κ3) is 2.97. The van der Waals surface area contributed by atoms with Crippen molar-refractivity contribution in [3.8, 4) is 0 Å². The van der Waals surface area contributed by atoms with Crippen LogP contribution in [0, 0.1) is 0 Å². The van der Waals surface area contributed by atoms with E-state index in [1.54, 1.807) is 0 Å². The summed E-state index contributed by atoms with van der Waals surface area (Å²) in [6.07, 6.45) is 0. The molecule has 2 atom stereocenters. The lowest BCUT2D eigenvalue weighted by Gasteiger charge is -2.34. The Bertz CT molecular complexity index is 411. The van der Waals surface area contributed by atoms with Crippen LogP contribution in [0.1, 0.15) is 24.2 Å². The molecule has 1 fully saturated rings. The maximum atomic E-state index is 12.4. The molecule has 1 aromatic carbocycles. The fourth-order valence-corrected chi connectivity index (χ4v) is 3.56. The van der Waals surface area contributed by atoms with Crippen molar-refractivity contribution < 1.29 is 4.79 Å². The van der Waals surface area contributed by atoms with Crippen molar-refractivity contribution >= 4 is 23.4 Å². The van der Waals surface area contributed by atoms with Crippen LogP contribution in [0.15, 0.2) is 24.3 Å². The number of nitrogens with zero attached hydrogens (tertiary/aromatic N) is 1. The van der Waals surface area contributed by atoms with Crippen molar-refractivity contribution in [1.29, 1.82) is 0 Å². The molecule has 18 heavy (non-hydrogen) atoms. The van der Waals surface area contributed by atoms with Gasteiger partial charge in [-0.3, -0.25) is 10.6 Å². The fraction of sp³-hybridized carbons (Fsp3) is 0.462. The van der Waals surface area contributed by atoms with Crippen molar-refractivity contribution in [1.82, 2.24) is 4.90 Å². The molecule has 1 amide bonds. The second-order valence-electron chi connectivity index (χ2n) is 4.69. The van der Waals surface area contributed by atoms with Gasteiger partial charge in [0.1, 0.15) is 0 Å². The van der Waals surface area contributed by atoms with Gasteiger partial charge >= 0.3 is 0 Å². The average molecular weight is 265 g/mol. The smallest absolute Gasteiger partial charge is 0.253 e. The fourth-order valence-electron chi connectivity index (χ4n) is 2.24. The van der Waals surface area contributed by atoms with Crippen LogP contribution in [0.3, 0.4) is 0 Å². The number of nitrogens with one attached hydrogen (secondary N) is 1. The predicted octanol–water partition coefficient (Wildman–Crippen LogP) is 1.94. The number of benzene rings is 1. The van der Waals surface area contributed by atoms with Gasteiger partial charge < -0.3 is 10.3 Å². The van der Waals surface area contributed by atoms with E-state index in [0.717, 1.165) is 24.3 Å². The van der Waals surface area contributed by atoms with Gasteiger partial charge in [0.2, 0.25) is 0 Å². The molecule has 1 heterocycles. The Balaban J connectivity index is 2.09. The molecule has 1 saturated heterocycles. The van der Waals surface area contributed by atoms with Crippen LogP contribution in [0.4, 0.5) is 5.69 Å². The molecule has 2 unspecified atom stereocenters. The van der Waals surface area contributed by atoms with Gasteiger partial charge in [-0.2, -0.15) is 11.8 Å². The number of hydrogen-bond acceptors (Lipinski definition) is 4. The summed E-state index contributed by atoms with van der Waals surface area (Å²) in [5, 5.41) is 1.00. The minimum atomic E-state index is 0.109. The van der Waals surface area contributed by atoms with Crippen molar-refractivity contribution in [2.45, 2.75) is 24.3 Å². The highest BCUT2D eigenvalue weighted by Gasteiger charge is 2.26. The van der Waals surface area contributed by atoms with Crippen molar-refractivity contribution in [2.24, 2.45) is 5.84 Å². The minimum absolute atomic E-state index is 0.109. The van der Waals surface area contributed by atoms with Crippen LogP contribution in [0.25, 0.3) is 0 Å². The quantitative estimate of drug-likeness (QED) is 0.634. The summed E-state index contributed by atoms with van der Waals surface area (Å²) in [6, 6.07) is 7.26. The van der Waals surface area contributed by atoms with E-state index < -0.39 is 0 Å². The molecule has 0 aliphatic carbocycles. The van der Waals surface area contributed by atoms with E-state index in [1.165, 1.54) is 0 Å². The lowest BCUT2D eigenvalue weighted by Crippen LogP contribution is -2.44. The molecule has 3 N–H and O–H groups in total. The maximum Gasteiger partial charge on any atom is 0.253 e. The predicted molar refractivity (Wildman–Crippen MR) is 76.7 cm³/mol. The second kappa shape index (κ2) is 5.63. The van der Waals surface area contributed by atoms with Crippen LogP contribution < -0.4 is 11.3 Å². The molecule has 0 radical (unpaired) electrons. The zero-order valence-corrected chi connectivity index (χ0v) is 11.5. The van der Waals surface area contributed by atoms with Gasteiger partial charge in [0.25, 0.3) is 5.91 Å². The summed E-state index contributed by atoms with van der Waals surface area (Å²) in [5.74, 6) is 5.42. The molecule has 2 rings (SSSR count). The van der Waals surface area contributed by atoms with Gasteiger partial charge in [-0.15, -0.1) is 0 Å². The molecule has 0 aromatic heterocycles. The van der Waals surface area contributed by atoms with Crippen LogP contribution in [0.5, 0.6) is 0 Å². The first-order valence-electron chi connectivity index (χ1n) is 6.11. The van der Waals surface area contributed by atoms with Gasteiger partial charge in [-0.1, -0.05) is 13.8 Å². The van der Waals surface area contributed by atoms with Gasteiger partial charge in [-0.05, 0) is 24.3 Å². The number of hydrazine groups is 1. The first-order valence-corrected chi connectivity index (χ1v) is 7.06. The zero-order valence-electron chi connectivity index (χ0n) is 10.7. The number of hydrogen-bond donors (Lipinski definition) is 2. The topological polar surface area (TPSA) is 58.4 Å². The summed E-state index contributed by atoms with van der Waals surface area (Å²) >= 11 is 1.94. The van der Waals surface area contributed by atoms with Crippen molar-refractivity contribution in [3.63, 3.8) is 0 Å². The van der Waals surface area contributed by atoms with Crippen LogP contribution in [-0.2, 0) is 0 Å². The van der Waals surface area contributed by atoms with E-state index in [1.807, 2.05) is 40.9 Å². The molecular formula is C13H19N3OS. The lowest BCUT2D eigenvalue weighted by molar-refractivity contribution is 0.0753. The first kappa shape index (κ1) is 13.2. The van der Waals surface area contributed by atoms with Gasteiger partial charge in [0.15, 0.2) is 0 Å². The highest BCUT2D eigenvalue weighted by atomic mass is 32.2. The largest absolute Gasteiger partial charge is 0.336 e. The number of thioether (sulfide) groups is 1. The van der Waals surface area contributed by atoms with Crippen molar-refractivity contribution in [3.05, 3.63) is 29.8 Å². The number of amides is 1. The van der Waals surface area contributed by atoms with Gasteiger partial charge in [0.05, 0.1) is 0 Å². The minimum Gasteiger partial charge on any atom is -0.336 e. The van der Waals surface area contributed by atoms with Gasteiger partial charge in [-0.25, -0.2) is 0 Å². The molecule has 1 aromatic rings. The molecular weight excluding hydrogens is 246 g/mol. The summed E-state index contributed by atoms with van der Waals surface area (Å²) in [7, 11) is 0. The monoisotopic (exact) mass is 265 g/mol. The van der Waals surface area contributed by atoms with Crippen molar-refractivity contribution in [2.75, 3.05) is 18.5 Å². The van der Waals surface area contributed by atoms with E-state index in [2.05, 4.69) is 19.3 Å². The van der Waals surface area contributed by atoms with Crippen LogP contribution in [-0.4, -0.2) is 34.4 Å². The number of carbonyl (C=O) groups excluding carboxylic acids is 1. The highest BCUT2D eigenvalue weighted by Crippen LogP contribution is 2.25. The van der Waals surface area contributed by atoms with E-state index in [9.17, 15) is 4.79 Å². The van der Waals surface area contributed by atoms with Gasteiger partial charge in [0, 0.05) is 34.8 Å². The highest BCUT2D eigenvalue weighted by molar-refractivity contribution is 8.00. The number of rotatable bonds is 2. The Morgan fingerprint density at radius 3 is 2.33 bits per heavy atom. The second-order valence-corrected chi connectivity index (χ2v) is 6.57. The standard InChI is InChI=1S/C13H19N3OS/c1-9-7-16(8-10(2)18-9)13(17)11-3-5-12(15-14)6-4-11/h3-6,9-10,15H,7-8,14H2,1-2H3. The van der Waals surface area contributed by atoms with Crippen LogP contribution >= 0.6 is 11.8 Å². The SMILES string of the molecule is CC1CN(C(=O)c2ccc(NN)cc2)CC(C)S1. The van der Waals surface area contributed by atoms with E-state index >= 15 is 0 Å². The number of anilines is 1. The summed E-state index contributed by atoms with van der Waals surface area (Å²) in [6.45, 7) is 5.99. The molecule has 1 aliphatic heterocycles. The molecule has 4 nitrogen and oxygen atoms in total.